The number of anilines is 1. The highest BCUT2D eigenvalue weighted by atomic mass is 35.5. The number of nitrogens with one attached hydrogen (secondary N) is 2. The van der Waals surface area contributed by atoms with Gasteiger partial charge in [-0.3, -0.25) is 14.4 Å². The van der Waals surface area contributed by atoms with E-state index in [9.17, 15) is 14.4 Å². The van der Waals surface area contributed by atoms with E-state index < -0.39 is 0 Å². The number of hydrogen-bond donors (Lipinski definition) is 2. The first-order valence-corrected chi connectivity index (χ1v) is 10.6. The molecule has 3 rings (SSSR count). The van der Waals surface area contributed by atoms with Crippen LogP contribution < -0.4 is 10.6 Å². The minimum atomic E-state index is -0.201. The van der Waals surface area contributed by atoms with Gasteiger partial charge in [-0.1, -0.05) is 29.8 Å². The molecule has 2 N–H and O–H groups in total. The monoisotopic (exact) mass is 427 g/mol. The molecule has 1 aliphatic heterocycles. The molecule has 1 unspecified atom stereocenters. The number of halogens is 1. The average Bonchev–Trinajstić information content (AvgIpc) is 2.77. The molecule has 0 bridgehead atoms. The van der Waals surface area contributed by atoms with Gasteiger partial charge in [-0.15, -0.1) is 0 Å². The summed E-state index contributed by atoms with van der Waals surface area (Å²) in [7, 11) is 0. The maximum Gasteiger partial charge on any atom is 0.251 e. The molecular weight excluding hydrogens is 402 g/mol. The molecule has 158 valence electrons. The molecule has 1 atom stereocenters. The van der Waals surface area contributed by atoms with Gasteiger partial charge in [-0.05, 0) is 55.7 Å². The Balaban J connectivity index is 1.40. The number of nitrogens with zero attached hydrogens (tertiary/aromatic N) is 1. The predicted molar refractivity (Wildman–Crippen MR) is 117 cm³/mol. The summed E-state index contributed by atoms with van der Waals surface area (Å²) >= 11 is 5.82. The number of para-hydroxylation sites is 1. The number of benzene rings is 2. The van der Waals surface area contributed by atoms with Crippen molar-refractivity contribution >= 4 is 35.0 Å². The average molecular weight is 428 g/mol. The lowest BCUT2D eigenvalue weighted by Gasteiger charge is -2.32. The van der Waals surface area contributed by atoms with E-state index in [-0.39, 0.29) is 23.6 Å². The molecule has 1 heterocycles. The Labute approximate surface area is 181 Å². The summed E-state index contributed by atoms with van der Waals surface area (Å²) in [5, 5.41) is 6.31. The van der Waals surface area contributed by atoms with Crippen molar-refractivity contribution in [3.05, 3.63) is 65.2 Å². The first-order valence-electron chi connectivity index (χ1n) is 10.2. The molecule has 2 aromatic carbocycles. The summed E-state index contributed by atoms with van der Waals surface area (Å²) in [6, 6.07) is 16.0. The first-order chi connectivity index (χ1) is 14.5. The van der Waals surface area contributed by atoms with Crippen LogP contribution in [0.15, 0.2) is 54.6 Å². The molecule has 1 aliphatic rings. The Kier molecular flexibility index (Phi) is 7.85. The second-order valence-corrected chi connectivity index (χ2v) is 7.84. The second-order valence-electron chi connectivity index (χ2n) is 7.40. The highest BCUT2D eigenvalue weighted by Crippen LogP contribution is 2.19. The molecule has 2 aromatic rings. The number of amides is 3. The Bertz CT molecular complexity index is 871. The van der Waals surface area contributed by atoms with Crippen LogP contribution in [0.3, 0.4) is 0 Å². The third-order valence-corrected chi connectivity index (χ3v) is 5.40. The van der Waals surface area contributed by atoms with Crippen LogP contribution in [0.4, 0.5) is 5.69 Å². The van der Waals surface area contributed by atoms with E-state index in [0.29, 0.717) is 43.1 Å². The zero-order chi connectivity index (χ0) is 21.3. The van der Waals surface area contributed by atoms with Crippen molar-refractivity contribution in [3.8, 4) is 0 Å². The van der Waals surface area contributed by atoms with Crippen LogP contribution >= 0.6 is 11.6 Å². The lowest BCUT2D eigenvalue weighted by Crippen LogP contribution is -2.43. The quantitative estimate of drug-likeness (QED) is 0.661. The maximum atomic E-state index is 12.5. The number of rotatable bonds is 7. The standard InChI is InChI=1S/C23H26ClN3O3/c24-19-12-10-17(11-13-19)22(29)25-14-4-9-21(28)27-15-5-6-18(16-27)23(30)26-20-7-2-1-3-8-20/h1-3,7-8,10-13,18H,4-6,9,14-16H2,(H,25,29)(H,26,30). The van der Waals surface area contributed by atoms with Gasteiger partial charge >= 0.3 is 0 Å². The summed E-state index contributed by atoms with van der Waals surface area (Å²) in [5.41, 5.74) is 1.30. The Morgan fingerprint density at radius 1 is 1.03 bits per heavy atom. The van der Waals surface area contributed by atoms with Crippen LogP contribution in [0.25, 0.3) is 0 Å². The predicted octanol–water partition coefficient (Wildman–Crippen LogP) is 3.73. The van der Waals surface area contributed by atoms with Gasteiger partial charge in [0, 0.05) is 42.3 Å². The van der Waals surface area contributed by atoms with Gasteiger partial charge in [0.25, 0.3) is 5.91 Å². The van der Waals surface area contributed by atoms with E-state index in [1.807, 2.05) is 30.3 Å². The van der Waals surface area contributed by atoms with Crippen LogP contribution in [0.1, 0.15) is 36.0 Å². The lowest BCUT2D eigenvalue weighted by atomic mass is 9.96. The van der Waals surface area contributed by atoms with E-state index in [0.717, 1.165) is 18.5 Å². The molecule has 1 fully saturated rings. The highest BCUT2D eigenvalue weighted by Gasteiger charge is 2.28. The molecule has 0 radical (unpaired) electrons. The zero-order valence-electron chi connectivity index (χ0n) is 16.8. The zero-order valence-corrected chi connectivity index (χ0v) is 17.5. The number of piperidine rings is 1. The fourth-order valence-corrected chi connectivity index (χ4v) is 3.61. The normalized spacial score (nSPS) is 16.0. The number of carbonyl (C=O) groups is 3. The topological polar surface area (TPSA) is 78.5 Å². The van der Waals surface area contributed by atoms with Crippen LogP contribution in [0.5, 0.6) is 0 Å². The van der Waals surface area contributed by atoms with Crippen molar-refractivity contribution in [2.24, 2.45) is 5.92 Å². The fraction of sp³-hybridized carbons (Fsp3) is 0.348. The molecule has 1 saturated heterocycles. The SMILES string of the molecule is O=C(NCCCC(=O)N1CCCC(C(=O)Nc2ccccc2)C1)c1ccc(Cl)cc1. The molecule has 3 amide bonds. The van der Waals surface area contributed by atoms with Crippen molar-refractivity contribution in [1.29, 1.82) is 0 Å². The molecule has 7 heteroatoms. The summed E-state index contributed by atoms with van der Waals surface area (Å²) < 4.78 is 0. The van der Waals surface area contributed by atoms with Gasteiger partial charge < -0.3 is 15.5 Å². The molecule has 0 aliphatic carbocycles. The third-order valence-electron chi connectivity index (χ3n) is 5.15. The second kappa shape index (κ2) is 10.8. The number of hydrogen-bond acceptors (Lipinski definition) is 3. The van der Waals surface area contributed by atoms with Crippen molar-refractivity contribution in [2.75, 3.05) is 25.0 Å². The largest absolute Gasteiger partial charge is 0.352 e. The number of carbonyl (C=O) groups excluding carboxylic acids is 3. The minimum absolute atomic E-state index is 0.0213. The highest BCUT2D eigenvalue weighted by molar-refractivity contribution is 6.30. The van der Waals surface area contributed by atoms with Gasteiger partial charge in [-0.25, -0.2) is 0 Å². The molecule has 0 aromatic heterocycles. The fourth-order valence-electron chi connectivity index (χ4n) is 3.49. The van der Waals surface area contributed by atoms with Crippen LogP contribution in [-0.2, 0) is 9.59 Å². The van der Waals surface area contributed by atoms with Gasteiger partial charge in [-0.2, -0.15) is 0 Å². The van der Waals surface area contributed by atoms with Crippen LogP contribution in [-0.4, -0.2) is 42.3 Å². The summed E-state index contributed by atoms with van der Waals surface area (Å²) in [5.74, 6) is -0.413. The smallest absolute Gasteiger partial charge is 0.251 e. The maximum absolute atomic E-state index is 12.5. The molecule has 0 spiro atoms. The van der Waals surface area contributed by atoms with E-state index >= 15 is 0 Å². The lowest BCUT2D eigenvalue weighted by molar-refractivity contribution is -0.134. The van der Waals surface area contributed by atoms with Crippen LogP contribution in [0.2, 0.25) is 5.02 Å². The van der Waals surface area contributed by atoms with E-state index in [1.54, 1.807) is 29.2 Å². The molecule has 6 nitrogen and oxygen atoms in total. The molecule has 30 heavy (non-hydrogen) atoms. The Morgan fingerprint density at radius 2 is 1.77 bits per heavy atom. The Hall–Kier alpha value is -2.86. The third kappa shape index (κ3) is 6.32. The van der Waals surface area contributed by atoms with Crippen LogP contribution in [0, 0.1) is 5.92 Å². The van der Waals surface area contributed by atoms with Gasteiger partial charge in [0.2, 0.25) is 11.8 Å². The summed E-state index contributed by atoms with van der Waals surface area (Å²) in [6.07, 6.45) is 2.48. The molecule has 0 saturated carbocycles. The van der Waals surface area contributed by atoms with E-state index in [1.165, 1.54) is 0 Å². The molecular formula is C23H26ClN3O3. The van der Waals surface area contributed by atoms with Crippen molar-refractivity contribution in [1.82, 2.24) is 10.2 Å². The summed E-state index contributed by atoms with van der Waals surface area (Å²) in [4.78, 5) is 38.9. The van der Waals surface area contributed by atoms with E-state index in [4.69, 9.17) is 11.6 Å². The van der Waals surface area contributed by atoms with Crippen molar-refractivity contribution in [2.45, 2.75) is 25.7 Å². The van der Waals surface area contributed by atoms with Gasteiger partial charge in [0.15, 0.2) is 0 Å². The van der Waals surface area contributed by atoms with Crippen molar-refractivity contribution < 1.29 is 14.4 Å². The minimum Gasteiger partial charge on any atom is -0.352 e. The van der Waals surface area contributed by atoms with E-state index in [2.05, 4.69) is 10.6 Å². The van der Waals surface area contributed by atoms with Gasteiger partial charge in [0.1, 0.15) is 0 Å². The first kappa shape index (κ1) is 21.8. The van der Waals surface area contributed by atoms with Gasteiger partial charge in [0.05, 0.1) is 5.92 Å². The van der Waals surface area contributed by atoms with Crippen molar-refractivity contribution in [3.63, 3.8) is 0 Å². The Morgan fingerprint density at radius 3 is 2.50 bits per heavy atom. The summed E-state index contributed by atoms with van der Waals surface area (Å²) in [6.45, 7) is 1.53. The number of likely N-dealkylation sites (tertiary alicyclic amines) is 1.